The van der Waals surface area contributed by atoms with E-state index in [1.54, 1.807) is 18.2 Å². The van der Waals surface area contributed by atoms with Crippen LogP contribution in [-0.2, 0) is 12.6 Å². The Bertz CT molecular complexity index is 1150. The number of nitrogens with zero attached hydrogens (tertiary/aromatic N) is 3. The molecule has 0 saturated carbocycles. The van der Waals surface area contributed by atoms with E-state index in [-0.39, 0.29) is 5.56 Å². The normalized spacial score (nSPS) is 14.7. The number of H-pyrrole nitrogens is 1. The summed E-state index contributed by atoms with van der Waals surface area (Å²) in [5.74, 6) is 0.482. The number of rotatable bonds is 4. The molecule has 0 aliphatic carbocycles. The first kappa shape index (κ1) is 22.2. The summed E-state index contributed by atoms with van der Waals surface area (Å²) in [6, 6.07) is 12.7. The molecule has 4 rings (SSSR count). The van der Waals surface area contributed by atoms with E-state index in [0.29, 0.717) is 60.5 Å². The van der Waals surface area contributed by atoms with Crippen LogP contribution in [0.15, 0.2) is 53.3 Å². The number of alkyl halides is 3. The molecule has 5 nitrogen and oxygen atoms in total. The predicted molar refractivity (Wildman–Crippen MR) is 120 cm³/mol. The summed E-state index contributed by atoms with van der Waals surface area (Å²) in [7, 11) is 0. The highest BCUT2D eigenvalue weighted by atomic mass is 35.5. The van der Waals surface area contributed by atoms with Gasteiger partial charge in [-0.2, -0.15) is 13.2 Å². The first-order valence-electron chi connectivity index (χ1n) is 10.2. The predicted octanol–water partition coefficient (Wildman–Crippen LogP) is 4.67. The van der Waals surface area contributed by atoms with Gasteiger partial charge in [0.1, 0.15) is 0 Å². The van der Waals surface area contributed by atoms with Crippen LogP contribution in [0.2, 0.25) is 5.02 Å². The Labute approximate surface area is 188 Å². The summed E-state index contributed by atoms with van der Waals surface area (Å²) in [4.78, 5) is 24.0. The SMILES string of the molecule is Cc1nc(N2CCN(c3cccc(C(F)(F)F)c3)CC2)[nH]c(=O)c1Cc1ccc(Cl)cc1. The van der Waals surface area contributed by atoms with Gasteiger partial charge >= 0.3 is 6.18 Å². The zero-order valence-corrected chi connectivity index (χ0v) is 18.2. The Morgan fingerprint density at radius 1 is 1.03 bits per heavy atom. The average Bonchev–Trinajstić information content (AvgIpc) is 2.77. The van der Waals surface area contributed by atoms with E-state index < -0.39 is 11.7 Å². The van der Waals surface area contributed by atoms with Crippen molar-refractivity contribution < 1.29 is 13.2 Å². The quantitative estimate of drug-likeness (QED) is 0.612. The molecule has 0 bridgehead atoms. The van der Waals surface area contributed by atoms with Gasteiger partial charge in [-0.1, -0.05) is 29.8 Å². The standard InChI is InChI=1S/C23H22ClF3N4O/c1-15-20(13-16-5-7-18(24)8-6-16)21(32)29-22(28-15)31-11-9-30(10-12-31)19-4-2-3-17(14-19)23(25,26)27/h2-8,14H,9-13H2,1H3,(H,28,29,32). The lowest BCUT2D eigenvalue weighted by molar-refractivity contribution is -0.137. The molecular weight excluding hydrogens is 441 g/mol. The van der Waals surface area contributed by atoms with Gasteiger partial charge in [0.05, 0.1) is 11.3 Å². The van der Waals surface area contributed by atoms with Crippen molar-refractivity contribution in [3.63, 3.8) is 0 Å². The van der Waals surface area contributed by atoms with Crippen LogP contribution in [-0.4, -0.2) is 36.1 Å². The van der Waals surface area contributed by atoms with Crippen molar-refractivity contribution in [3.8, 4) is 0 Å². The molecule has 0 atom stereocenters. The number of halogens is 4. The van der Waals surface area contributed by atoms with Gasteiger partial charge in [-0.05, 0) is 42.8 Å². The fourth-order valence-electron chi connectivity index (χ4n) is 3.82. The van der Waals surface area contributed by atoms with E-state index in [0.717, 1.165) is 11.6 Å². The van der Waals surface area contributed by atoms with Crippen molar-refractivity contribution >= 4 is 23.2 Å². The monoisotopic (exact) mass is 462 g/mol. The second-order valence-corrected chi connectivity index (χ2v) is 8.22. The fourth-order valence-corrected chi connectivity index (χ4v) is 3.94. The van der Waals surface area contributed by atoms with Gasteiger partial charge in [0.2, 0.25) is 5.95 Å². The summed E-state index contributed by atoms with van der Waals surface area (Å²) in [6.45, 7) is 3.93. The van der Waals surface area contributed by atoms with E-state index >= 15 is 0 Å². The molecule has 1 aliphatic rings. The molecule has 0 spiro atoms. The van der Waals surface area contributed by atoms with E-state index in [1.165, 1.54) is 12.1 Å². The molecule has 0 radical (unpaired) electrons. The van der Waals surface area contributed by atoms with Crippen molar-refractivity contribution in [2.45, 2.75) is 19.5 Å². The number of benzene rings is 2. The minimum atomic E-state index is -4.37. The summed E-state index contributed by atoms with van der Waals surface area (Å²) >= 11 is 5.92. The van der Waals surface area contributed by atoms with Crippen LogP contribution in [0.3, 0.4) is 0 Å². The molecular formula is C23H22ClF3N4O. The van der Waals surface area contributed by atoms with E-state index in [9.17, 15) is 18.0 Å². The van der Waals surface area contributed by atoms with Crippen LogP contribution < -0.4 is 15.4 Å². The first-order valence-corrected chi connectivity index (χ1v) is 10.6. The number of aryl methyl sites for hydroxylation is 1. The maximum absolute atomic E-state index is 13.0. The number of anilines is 2. The Kier molecular flexibility index (Phi) is 6.15. The summed E-state index contributed by atoms with van der Waals surface area (Å²) in [6.07, 6.45) is -3.92. The molecule has 3 aromatic rings. The Balaban J connectivity index is 1.46. The number of hydrogen-bond donors (Lipinski definition) is 1. The maximum atomic E-state index is 13.0. The maximum Gasteiger partial charge on any atom is 0.416 e. The molecule has 1 saturated heterocycles. The molecule has 1 aromatic heterocycles. The van der Waals surface area contributed by atoms with Crippen molar-refractivity contribution in [3.05, 3.63) is 86.3 Å². The Hall–Kier alpha value is -3.00. The molecule has 2 aromatic carbocycles. The van der Waals surface area contributed by atoms with Gasteiger partial charge in [-0.15, -0.1) is 0 Å². The molecule has 0 amide bonds. The van der Waals surface area contributed by atoms with Gasteiger partial charge in [0, 0.05) is 48.9 Å². The van der Waals surface area contributed by atoms with Gasteiger partial charge in [0.25, 0.3) is 5.56 Å². The summed E-state index contributed by atoms with van der Waals surface area (Å²) in [5, 5.41) is 0.636. The van der Waals surface area contributed by atoms with Crippen LogP contribution in [0.5, 0.6) is 0 Å². The number of hydrogen-bond acceptors (Lipinski definition) is 4. The van der Waals surface area contributed by atoms with Crippen LogP contribution >= 0.6 is 11.6 Å². The molecule has 32 heavy (non-hydrogen) atoms. The molecule has 1 N–H and O–H groups in total. The molecule has 9 heteroatoms. The number of piperazine rings is 1. The van der Waals surface area contributed by atoms with Crippen LogP contribution in [0.25, 0.3) is 0 Å². The summed E-state index contributed by atoms with van der Waals surface area (Å²) < 4.78 is 39.0. The topological polar surface area (TPSA) is 52.2 Å². The largest absolute Gasteiger partial charge is 0.416 e. The third-order valence-electron chi connectivity index (χ3n) is 5.62. The van der Waals surface area contributed by atoms with E-state index in [4.69, 9.17) is 11.6 Å². The number of aromatic nitrogens is 2. The zero-order valence-electron chi connectivity index (χ0n) is 17.4. The smallest absolute Gasteiger partial charge is 0.368 e. The van der Waals surface area contributed by atoms with Crippen LogP contribution in [0.4, 0.5) is 24.8 Å². The van der Waals surface area contributed by atoms with Crippen LogP contribution in [0.1, 0.15) is 22.4 Å². The van der Waals surface area contributed by atoms with Crippen LogP contribution in [0, 0.1) is 6.92 Å². The minimum Gasteiger partial charge on any atom is -0.368 e. The zero-order chi connectivity index (χ0) is 22.9. The lowest BCUT2D eigenvalue weighted by Crippen LogP contribution is -2.47. The lowest BCUT2D eigenvalue weighted by atomic mass is 10.1. The second kappa shape index (κ2) is 8.86. The molecule has 1 fully saturated rings. The van der Waals surface area contributed by atoms with Crippen molar-refractivity contribution in [2.75, 3.05) is 36.0 Å². The highest BCUT2D eigenvalue weighted by Gasteiger charge is 2.31. The fraction of sp³-hybridized carbons (Fsp3) is 0.304. The van der Waals surface area contributed by atoms with Crippen molar-refractivity contribution in [2.24, 2.45) is 0 Å². The lowest BCUT2D eigenvalue weighted by Gasteiger charge is -2.36. The highest BCUT2D eigenvalue weighted by molar-refractivity contribution is 6.30. The molecule has 1 aliphatic heterocycles. The number of aromatic amines is 1. The van der Waals surface area contributed by atoms with Crippen molar-refractivity contribution in [1.29, 1.82) is 0 Å². The molecule has 168 valence electrons. The average molecular weight is 463 g/mol. The van der Waals surface area contributed by atoms with E-state index in [2.05, 4.69) is 9.97 Å². The summed E-state index contributed by atoms with van der Waals surface area (Å²) in [5.41, 5.74) is 1.90. The third kappa shape index (κ3) is 4.91. The Morgan fingerprint density at radius 2 is 1.69 bits per heavy atom. The highest BCUT2D eigenvalue weighted by Crippen LogP contribution is 2.32. The van der Waals surface area contributed by atoms with Gasteiger partial charge in [0.15, 0.2) is 0 Å². The minimum absolute atomic E-state index is 0.192. The first-order chi connectivity index (χ1) is 15.2. The molecule has 2 heterocycles. The van der Waals surface area contributed by atoms with Crippen molar-refractivity contribution in [1.82, 2.24) is 9.97 Å². The third-order valence-corrected chi connectivity index (χ3v) is 5.87. The molecule has 0 unspecified atom stereocenters. The van der Waals surface area contributed by atoms with Gasteiger partial charge in [-0.25, -0.2) is 4.98 Å². The Morgan fingerprint density at radius 3 is 2.31 bits per heavy atom. The van der Waals surface area contributed by atoms with E-state index in [1.807, 2.05) is 28.9 Å². The second-order valence-electron chi connectivity index (χ2n) is 7.78. The number of nitrogens with one attached hydrogen (secondary N) is 1. The van der Waals surface area contributed by atoms with Gasteiger partial charge < -0.3 is 9.80 Å². The van der Waals surface area contributed by atoms with Gasteiger partial charge in [-0.3, -0.25) is 9.78 Å².